The molecule has 1 aliphatic carbocycles. The Hall–Kier alpha value is -2.38. The Morgan fingerprint density at radius 2 is 2.10 bits per heavy atom. The molecule has 6 nitrogen and oxygen atoms in total. The molecule has 0 bridgehead atoms. The Morgan fingerprint density at radius 1 is 1.30 bits per heavy atom. The van der Waals surface area contributed by atoms with Crippen molar-refractivity contribution < 1.29 is 9.47 Å². The average Bonchev–Trinajstić information content (AvgIpc) is 3.11. The molecule has 0 amide bonds. The Kier molecular flexibility index (Phi) is 6.11. The zero-order valence-corrected chi connectivity index (χ0v) is 18.8. The van der Waals surface area contributed by atoms with Gasteiger partial charge < -0.3 is 19.8 Å². The second-order valence-corrected chi connectivity index (χ2v) is 9.18. The van der Waals surface area contributed by atoms with Crippen LogP contribution in [-0.2, 0) is 19.3 Å². The molecule has 0 spiro atoms. The number of fused-ring (bicyclic) bond motifs is 3. The highest BCUT2D eigenvalue weighted by Gasteiger charge is 2.23. The van der Waals surface area contributed by atoms with Crippen LogP contribution in [-0.4, -0.2) is 30.7 Å². The first-order valence-electron chi connectivity index (χ1n) is 10.5. The van der Waals surface area contributed by atoms with Gasteiger partial charge in [0, 0.05) is 4.88 Å². The van der Waals surface area contributed by atoms with Crippen LogP contribution in [0.5, 0.6) is 11.5 Å². The number of benzene rings is 1. The highest BCUT2D eigenvalue weighted by molar-refractivity contribution is 7.18. The molecule has 160 valence electrons. The predicted octanol–water partition coefficient (Wildman–Crippen LogP) is 4.02. The lowest BCUT2D eigenvalue weighted by atomic mass is 9.89. The van der Waals surface area contributed by atoms with E-state index in [1.165, 1.54) is 10.4 Å². The lowest BCUT2D eigenvalue weighted by molar-refractivity contribution is 0.354. The average molecular weight is 428 g/mol. The monoisotopic (exact) mass is 427 g/mol. The number of methoxy groups -OCH3 is 2. The van der Waals surface area contributed by atoms with Gasteiger partial charge in [0.05, 0.1) is 25.6 Å². The number of hydrogen-bond acceptors (Lipinski definition) is 6. The van der Waals surface area contributed by atoms with Crippen LogP contribution in [0.3, 0.4) is 0 Å². The van der Waals surface area contributed by atoms with Crippen molar-refractivity contribution in [3.05, 3.63) is 50.4 Å². The maximum Gasteiger partial charge on any atom is 0.259 e. The highest BCUT2D eigenvalue weighted by Crippen LogP contribution is 2.35. The predicted molar refractivity (Wildman–Crippen MR) is 121 cm³/mol. The van der Waals surface area contributed by atoms with Crippen molar-refractivity contribution in [1.29, 1.82) is 0 Å². The molecule has 2 N–H and O–H groups in total. The fourth-order valence-electron chi connectivity index (χ4n) is 4.14. The van der Waals surface area contributed by atoms with Crippen LogP contribution in [0.15, 0.2) is 23.0 Å². The van der Waals surface area contributed by atoms with E-state index < -0.39 is 0 Å². The van der Waals surface area contributed by atoms with Crippen LogP contribution < -0.4 is 20.3 Å². The van der Waals surface area contributed by atoms with E-state index in [0.29, 0.717) is 11.7 Å². The third-order valence-corrected chi connectivity index (χ3v) is 7.05. The Morgan fingerprint density at radius 3 is 2.87 bits per heavy atom. The van der Waals surface area contributed by atoms with E-state index in [2.05, 4.69) is 17.2 Å². The molecule has 0 unspecified atom stereocenters. The van der Waals surface area contributed by atoms with E-state index in [1.54, 1.807) is 25.6 Å². The van der Waals surface area contributed by atoms with Gasteiger partial charge in [-0.05, 0) is 68.3 Å². The summed E-state index contributed by atoms with van der Waals surface area (Å²) in [6, 6.07) is 5.91. The molecule has 0 fully saturated rings. The lowest BCUT2D eigenvalue weighted by Crippen LogP contribution is -2.25. The highest BCUT2D eigenvalue weighted by atomic mass is 32.1. The van der Waals surface area contributed by atoms with Gasteiger partial charge in [0.15, 0.2) is 11.5 Å². The minimum Gasteiger partial charge on any atom is -0.493 e. The standard InChI is InChI=1S/C23H29N3O3S/c1-13-5-7-16-19(11-13)30-23-20(16)22(27)25-21(26-23)14(2)24-10-9-15-6-8-17(28-3)18(12-15)29-4/h6,8,12-14,24H,5,7,9-11H2,1-4H3,(H,25,26,27)/t13-,14+/m1/s1. The second kappa shape index (κ2) is 8.78. The van der Waals surface area contributed by atoms with Gasteiger partial charge in [-0.1, -0.05) is 13.0 Å². The van der Waals surface area contributed by atoms with E-state index in [9.17, 15) is 4.79 Å². The summed E-state index contributed by atoms with van der Waals surface area (Å²) in [4.78, 5) is 22.8. The summed E-state index contributed by atoms with van der Waals surface area (Å²) in [5.41, 5.74) is 2.38. The van der Waals surface area contributed by atoms with E-state index in [-0.39, 0.29) is 11.6 Å². The Bertz CT molecular complexity index is 1110. The maximum absolute atomic E-state index is 12.8. The quantitative estimate of drug-likeness (QED) is 0.596. The number of nitrogens with zero attached hydrogens (tertiary/aromatic N) is 1. The van der Waals surface area contributed by atoms with Crippen LogP contribution >= 0.6 is 11.3 Å². The molecule has 1 aliphatic rings. The third kappa shape index (κ3) is 4.09. The topological polar surface area (TPSA) is 76.2 Å². The molecule has 4 rings (SSSR count). The number of rotatable bonds is 7. The van der Waals surface area contributed by atoms with Gasteiger partial charge in [0.2, 0.25) is 0 Å². The lowest BCUT2D eigenvalue weighted by Gasteiger charge is -2.17. The van der Waals surface area contributed by atoms with Gasteiger partial charge in [0.25, 0.3) is 5.56 Å². The number of hydrogen-bond donors (Lipinski definition) is 2. The summed E-state index contributed by atoms with van der Waals surface area (Å²) in [5, 5.41) is 4.28. The molecular formula is C23H29N3O3S. The fraction of sp³-hybridized carbons (Fsp3) is 0.478. The summed E-state index contributed by atoms with van der Waals surface area (Å²) in [6.07, 6.45) is 4.03. The first kappa shape index (κ1) is 20.9. The Balaban J connectivity index is 1.46. The minimum absolute atomic E-state index is 0.00408. The molecule has 0 aliphatic heterocycles. The molecule has 2 atom stereocenters. The van der Waals surface area contributed by atoms with E-state index in [0.717, 1.165) is 59.5 Å². The molecule has 1 aromatic carbocycles. The third-order valence-electron chi connectivity index (χ3n) is 5.91. The summed E-state index contributed by atoms with van der Waals surface area (Å²) < 4.78 is 10.7. The smallest absolute Gasteiger partial charge is 0.259 e. The molecule has 2 heterocycles. The molecule has 7 heteroatoms. The minimum atomic E-state index is -0.0414. The summed E-state index contributed by atoms with van der Waals surface area (Å²) >= 11 is 1.69. The number of aromatic nitrogens is 2. The van der Waals surface area contributed by atoms with Crippen molar-refractivity contribution in [2.24, 2.45) is 5.92 Å². The number of ether oxygens (including phenoxy) is 2. The first-order chi connectivity index (χ1) is 14.5. The van der Waals surface area contributed by atoms with Crippen LogP contribution in [0, 0.1) is 5.92 Å². The van der Waals surface area contributed by atoms with Gasteiger partial charge in [-0.2, -0.15) is 0 Å². The van der Waals surface area contributed by atoms with E-state index in [1.807, 2.05) is 25.1 Å². The van der Waals surface area contributed by atoms with E-state index >= 15 is 0 Å². The number of nitrogens with one attached hydrogen (secondary N) is 2. The molecule has 0 radical (unpaired) electrons. The number of H-pyrrole nitrogens is 1. The van der Waals surface area contributed by atoms with Crippen LogP contribution in [0.25, 0.3) is 10.2 Å². The van der Waals surface area contributed by atoms with Gasteiger partial charge >= 0.3 is 0 Å². The molecule has 0 saturated heterocycles. The summed E-state index contributed by atoms with van der Waals surface area (Å²) in [6.45, 7) is 5.08. The van der Waals surface area contributed by atoms with Crippen molar-refractivity contribution in [3.63, 3.8) is 0 Å². The molecule has 0 saturated carbocycles. The van der Waals surface area contributed by atoms with Gasteiger partial charge in [-0.3, -0.25) is 4.79 Å². The van der Waals surface area contributed by atoms with Crippen LogP contribution in [0.1, 0.15) is 48.1 Å². The molecular weight excluding hydrogens is 398 g/mol. The van der Waals surface area contributed by atoms with Crippen molar-refractivity contribution in [2.75, 3.05) is 20.8 Å². The van der Waals surface area contributed by atoms with E-state index in [4.69, 9.17) is 14.5 Å². The summed E-state index contributed by atoms with van der Waals surface area (Å²) in [7, 11) is 3.28. The van der Waals surface area contributed by atoms with Crippen LogP contribution in [0.4, 0.5) is 0 Å². The first-order valence-corrected chi connectivity index (χ1v) is 11.3. The summed E-state index contributed by atoms with van der Waals surface area (Å²) in [5.74, 6) is 2.84. The van der Waals surface area contributed by atoms with Crippen molar-refractivity contribution >= 4 is 21.6 Å². The van der Waals surface area contributed by atoms with Gasteiger partial charge in [-0.15, -0.1) is 11.3 Å². The SMILES string of the molecule is COc1ccc(CCN[C@@H](C)c2nc3sc4c(c3c(=O)[nH]2)CC[C@@H](C)C4)cc1OC. The van der Waals surface area contributed by atoms with Gasteiger partial charge in [0.1, 0.15) is 10.7 Å². The molecule has 2 aromatic heterocycles. The zero-order chi connectivity index (χ0) is 21.3. The van der Waals surface area contributed by atoms with Crippen LogP contribution in [0.2, 0.25) is 0 Å². The van der Waals surface area contributed by atoms with Crippen molar-refractivity contribution in [3.8, 4) is 11.5 Å². The molecule has 3 aromatic rings. The second-order valence-electron chi connectivity index (χ2n) is 8.10. The number of aryl methyl sites for hydroxylation is 1. The van der Waals surface area contributed by atoms with Crippen molar-refractivity contribution in [2.45, 2.75) is 45.6 Å². The van der Waals surface area contributed by atoms with Gasteiger partial charge in [-0.25, -0.2) is 4.98 Å². The number of aromatic amines is 1. The Labute approximate surface area is 180 Å². The van der Waals surface area contributed by atoms with Crippen molar-refractivity contribution in [1.82, 2.24) is 15.3 Å². The normalized spacial score (nSPS) is 17.0. The molecule has 30 heavy (non-hydrogen) atoms. The zero-order valence-electron chi connectivity index (χ0n) is 18.0. The fourth-order valence-corrected chi connectivity index (χ4v) is 5.53. The number of thiophene rings is 1. The largest absolute Gasteiger partial charge is 0.493 e. The maximum atomic E-state index is 12.8.